The van der Waals surface area contributed by atoms with Gasteiger partial charge in [-0.2, -0.15) is 18.2 Å². The summed E-state index contributed by atoms with van der Waals surface area (Å²) in [7, 11) is 1.98. The lowest BCUT2D eigenvalue weighted by Crippen LogP contribution is -2.50. The zero-order valence-electron chi connectivity index (χ0n) is 21.2. The van der Waals surface area contributed by atoms with Gasteiger partial charge in [-0.05, 0) is 50.4 Å². The van der Waals surface area contributed by atoms with Crippen molar-refractivity contribution in [2.75, 3.05) is 55.4 Å². The number of aromatic nitrogens is 2. The molecule has 5 rings (SSSR count). The fraction of sp³-hybridized carbons (Fsp3) is 0.346. The van der Waals surface area contributed by atoms with E-state index in [1.807, 2.05) is 18.9 Å². The molecule has 1 unspecified atom stereocenters. The van der Waals surface area contributed by atoms with Gasteiger partial charge in [0.1, 0.15) is 18.7 Å². The molecule has 9 nitrogen and oxygen atoms in total. The maximum Gasteiger partial charge on any atom is 0.416 e. The number of rotatable bonds is 5. The van der Waals surface area contributed by atoms with Crippen molar-refractivity contribution < 1.29 is 27.4 Å². The smallest absolute Gasteiger partial charge is 0.416 e. The number of benzene rings is 2. The Balaban J connectivity index is 1.40. The van der Waals surface area contributed by atoms with Crippen molar-refractivity contribution in [3.05, 3.63) is 58.9 Å². The van der Waals surface area contributed by atoms with Gasteiger partial charge in [-0.25, -0.2) is 4.98 Å². The van der Waals surface area contributed by atoms with Crippen LogP contribution in [0.4, 0.5) is 30.4 Å². The number of carbonyl (C=O) groups is 1. The normalized spacial score (nSPS) is 17.6. The molecule has 2 aromatic carbocycles. The molecule has 39 heavy (non-hydrogen) atoms. The van der Waals surface area contributed by atoms with Crippen LogP contribution in [-0.2, 0) is 6.18 Å². The molecule has 2 N–H and O–H groups in total. The summed E-state index contributed by atoms with van der Waals surface area (Å²) in [5.74, 6) is 0.373. The van der Waals surface area contributed by atoms with Crippen molar-refractivity contribution in [2.45, 2.75) is 19.1 Å². The Kier molecular flexibility index (Phi) is 7.41. The fourth-order valence-electron chi connectivity index (χ4n) is 4.35. The van der Waals surface area contributed by atoms with Crippen molar-refractivity contribution in [2.24, 2.45) is 0 Å². The molecular formula is C26H26ClF3N6O3. The lowest BCUT2D eigenvalue weighted by Gasteiger charge is -2.39. The van der Waals surface area contributed by atoms with E-state index >= 15 is 0 Å². The summed E-state index contributed by atoms with van der Waals surface area (Å²) in [5.41, 5.74) is -0.298. The number of hydrogen-bond acceptors (Lipinski definition) is 8. The molecule has 1 amide bonds. The van der Waals surface area contributed by atoms with E-state index in [2.05, 4.69) is 25.5 Å². The second-order valence-corrected chi connectivity index (χ2v) is 9.78. The average molecular weight is 563 g/mol. The molecule has 2 aliphatic rings. The van der Waals surface area contributed by atoms with Crippen LogP contribution in [0.25, 0.3) is 0 Å². The molecule has 0 radical (unpaired) electrons. The van der Waals surface area contributed by atoms with E-state index in [9.17, 15) is 18.0 Å². The summed E-state index contributed by atoms with van der Waals surface area (Å²) in [6.45, 7) is 4.82. The van der Waals surface area contributed by atoms with Crippen LogP contribution in [-0.4, -0.2) is 66.7 Å². The monoisotopic (exact) mass is 562 g/mol. The van der Waals surface area contributed by atoms with Crippen molar-refractivity contribution in [1.29, 1.82) is 0 Å². The van der Waals surface area contributed by atoms with E-state index in [-0.39, 0.29) is 33.9 Å². The first-order valence-electron chi connectivity index (χ1n) is 12.3. The number of piperazine rings is 1. The lowest BCUT2D eigenvalue weighted by molar-refractivity contribution is -0.137. The van der Waals surface area contributed by atoms with Gasteiger partial charge in [0, 0.05) is 42.6 Å². The fourth-order valence-corrected chi connectivity index (χ4v) is 4.51. The molecule has 13 heteroatoms. The molecule has 3 heterocycles. The SMILES string of the molecule is CC1CN(c2cc(NC(=O)c3ccc(Cl)c(Oc4ncnc5c4OCCN5)c3)cc(C(F)(F)F)c2)CCN1C. The lowest BCUT2D eigenvalue weighted by atomic mass is 10.1. The first-order chi connectivity index (χ1) is 18.6. The second kappa shape index (κ2) is 10.8. The highest BCUT2D eigenvalue weighted by Crippen LogP contribution is 2.39. The molecule has 0 aliphatic carbocycles. The third kappa shape index (κ3) is 5.96. The number of amides is 1. The van der Waals surface area contributed by atoms with E-state index in [1.54, 1.807) is 6.07 Å². The van der Waals surface area contributed by atoms with Gasteiger partial charge < -0.3 is 29.9 Å². The molecular weight excluding hydrogens is 537 g/mol. The predicted octanol–water partition coefficient (Wildman–Crippen LogP) is 5.14. The summed E-state index contributed by atoms with van der Waals surface area (Å²) in [6.07, 6.45) is -3.28. The van der Waals surface area contributed by atoms with Gasteiger partial charge in [0.15, 0.2) is 5.82 Å². The van der Waals surface area contributed by atoms with Crippen LogP contribution in [0.15, 0.2) is 42.7 Å². The summed E-state index contributed by atoms with van der Waals surface area (Å²) in [6, 6.07) is 8.05. The number of fused-ring (bicyclic) bond motifs is 1. The quantitative estimate of drug-likeness (QED) is 0.442. The molecule has 2 aliphatic heterocycles. The summed E-state index contributed by atoms with van der Waals surface area (Å²) in [4.78, 5) is 25.4. The topological polar surface area (TPSA) is 91.9 Å². The molecule has 1 atom stereocenters. The van der Waals surface area contributed by atoms with Crippen LogP contribution in [0.3, 0.4) is 0 Å². The number of halogens is 4. The average Bonchev–Trinajstić information content (AvgIpc) is 2.91. The third-order valence-corrected chi connectivity index (χ3v) is 6.95. The van der Waals surface area contributed by atoms with Crippen LogP contribution in [0.5, 0.6) is 17.4 Å². The molecule has 3 aromatic rings. The molecule has 1 saturated heterocycles. The van der Waals surface area contributed by atoms with Crippen LogP contribution in [0.2, 0.25) is 5.02 Å². The van der Waals surface area contributed by atoms with Gasteiger partial charge in [0.25, 0.3) is 11.8 Å². The van der Waals surface area contributed by atoms with Gasteiger partial charge in [0.05, 0.1) is 17.1 Å². The Morgan fingerprint density at radius 3 is 2.79 bits per heavy atom. The first kappa shape index (κ1) is 26.8. The number of ether oxygens (including phenoxy) is 2. The summed E-state index contributed by atoms with van der Waals surface area (Å²) >= 11 is 6.30. The van der Waals surface area contributed by atoms with E-state index in [4.69, 9.17) is 21.1 Å². The number of alkyl halides is 3. The third-order valence-electron chi connectivity index (χ3n) is 6.64. The van der Waals surface area contributed by atoms with Gasteiger partial charge >= 0.3 is 6.18 Å². The second-order valence-electron chi connectivity index (χ2n) is 9.38. The first-order valence-corrected chi connectivity index (χ1v) is 12.6. The number of anilines is 3. The highest BCUT2D eigenvalue weighted by atomic mass is 35.5. The molecule has 1 fully saturated rings. The Labute approximate surface area is 227 Å². The molecule has 1 aromatic heterocycles. The van der Waals surface area contributed by atoms with E-state index < -0.39 is 17.6 Å². The summed E-state index contributed by atoms with van der Waals surface area (Å²) in [5, 5.41) is 5.87. The minimum absolute atomic E-state index is 0.0261. The molecule has 0 saturated carbocycles. The number of nitrogens with zero attached hydrogens (tertiary/aromatic N) is 4. The van der Waals surface area contributed by atoms with Crippen molar-refractivity contribution >= 4 is 34.7 Å². The Bertz CT molecular complexity index is 1390. The molecule has 0 bridgehead atoms. The predicted molar refractivity (Wildman–Crippen MR) is 141 cm³/mol. The Morgan fingerprint density at radius 1 is 1.21 bits per heavy atom. The maximum absolute atomic E-state index is 13.7. The van der Waals surface area contributed by atoms with Crippen LogP contribution in [0, 0.1) is 0 Å². The van der Waals surface area contributed by atoms with Gasteiger partial charge in [-0.3, -0.25) is 4.79 Å². The minimum atomic E-state index is -4.58. The van der Waals surface area contributed by atoms with Crippen molar-refractivity contribution in [3.63, 3.8) is 0 Å². The van der Waals surface area contributed by atoms with Crippen molar-refractivity contribution in [3.8, 4) is 17.4 Å². The van der Waals surface area contributed by atoms with Crippen molar-refractivity contribution in [1.82, 2.24) is 14.9 Å². The van der Waals surface area contributed by atoms with Crippen LogP contribution >= 0.6 is 11.6 Å². The minimum Gasteiger partial charge on any atom is -0.483 e. The Morgan fingerprint density at radius 2 is 2.03 bits per heavy atom. The highest BCUT2D eigenvalue weighted by molar-refractivity contribution is 6.32. The largest absolute Gasteiger partial charge is 0.483 e. The maximum atomic E-state index is 13.7. The van der Waals surface area contributed by atoms with Crippen LogP contribution < -0.4 is 25.0 Å². The zero-order chi connectivity index (χ0) is 27.7. The highest BCUT2D eigenvalue weighted by Gasteiger charge is 2.33. The number of hydrogen-bond donors (Lipinski definition) is 2. The molecule has 0 spiro atoms. The number of nitrogens with one attached hydrogen (secondary N) is 2. The van der Waals surface area contributed by atoms with Gasteiger partial charge in [-0.1, -0.05) is 11.6 Å². The number of carbonyl (C=O) groups excluding carboxylic acids is 1. The van der Waals surface area contributed by atoms with E-state index in [0.717, 1.165) is 12.1 Å². The van der Waals surface area contributed by atoms with Gasteiger partial charge in [-0.15, -0.1) is 0 Å². The van der Waals surface area contributed by atoms with Crippen LogP contribution in [0.1, 0.15) is 22.8 Å². The summed E-state index contributed by atoms with van der Waals surface area (Å²) < 4.78 is 52.7. The standard InChI is InChI=1S/C26H26ClF3N6O3/c1-15-13-36(7-6-35(15)2)19-11-17(26(28,29)30)10-18(12-19)34-24(37)16-3-4-20(27)21(9-16)39-25-22-23(32-14-33-25)31-5-8-38-22/h3-4,9-12,14-15H,5-8,13H2,1-2H3,(H,34,37)(H,31,32,33). The zero-order valence-corrected chi connectivity index (χ0v) is 21.9. The number of likely N-dealkylation sites (N-methyl/N-ethyl adjacent to an activating group) is 1. The van der Waals surface area contributed by atoms with E-state index in [1.165, 1.54) is 24.5 Å². The Hall–Kier alpha value is -3.77. The van der Waals surface area contributed by atoms with E-state index in [0.29, 0.717) is 50.0 Å². The molecule has 206 valence electrons. The van der Waals surface area contributed by atoms with Gasteiger partial charge in [0.2, 0.25) is 5.75 Å².